The van der Waals surface area contributed by atoms with Crippen molar-refractivity contribution in [2.75, 3.05) is 11.1 Å². The van der Waals surface area contributed by atoms with Gasteiger partial charge in [-0.2, -0.15) is 5.10 Å². The first-order valence-corrected chi connectivity index (χ1v) is 10.5. The minimum absolute atomic E-state index is 0.0139. The van der Waals surface area contributed by atoms with Crippen LogP contribution in [0.1, 0.15) is 24.0 Å². The Hall–Kier alpha value is -2.54. The molecule has 0 radical (unpaired) electrons. The molecule has 0 atom stereocenters. The maximum Gasteiger partial charge on any atom is 0.335 e. The number of sulfonamides is 1. The van der Waals surface area contributed by atoms with E-state index in [1.54, 1.807) is 24.6 Å². The third kappa shape index (κ3) is 4.16. The average molecular weight is 402 g/mol. The number of anilines is 1. The molecular weight excluding hydrogens is 384 g/mol. The van der Waals surface area contributed by atoms with Crippen molar-refractivity contribution >= 4 is 31.8 Å². The van der Waals surface area contributed by atoms with Gasteiger partial charge in [-0.05, 0) is 26.8 Å². The zero-order valence-electron chi connectivity index (χ0n) is 14.5. The van der Waals surface area contributed by atoms with Crippen molar-refractivity contribution in [1.29, 1.82) is 0 Å². The van der Waals surface area contributed by atoms with Crippen molar-refractivity contribution in [2.45, 2.75) is 37.6 Å². The molecule has 0 aliphatic rings. The number of hydrogen-bond donors (Lipinski definition) is 3. The number of urea groups is 1. The van der Waals surface area contributed by atoms with Gasteiger partial charge in [-0.1, -0.05) is 6.92 Å². The minimum Gasteiger partial charge on any atom is -0.280 e. The molecule has 0 unspecified atom stereocenters. The monoisotopic (exact) mass is 402 g/mol. The second-order valence-corrected chi connectivity index (χ2v) is 9.23. The molecule has 0 bridgehead atoms. The summed E-state index contributed by atoms with van der Waals surface area (Å²) in [5.41, 5.74) is 1.15. The SMILES string of the molecule is CCS(=O)(=O)c1n[nH]c(C)c1S(=O)(=O)NC(=O)Nc1nc(C)cc(C)n1. The van der Waals surface area contributed by atoms with Gasteiger partial charge in [0, 0.05) is 11.4 Å². The lowest BCUT2D eigenvalue weighted by Gasteiger charge is -2.09. The normalized spacial score (nSPS) is 12.0. The first kappa shape index (κ1) is 19.8. The Balaban J connectivity index is 2.32. The fourth-order valence-electron chi connectivity index (χ4n) is 2.14. The molecular formula is C13H18N6O5S2. The summed E-state index contributed by atoms with van der Waals surface area (Å²) in [6.07, 6.45) is 0. The zero-order valence-corrected chi connectivity index (χ0v) is 16.1. The molecule has 3 N–H and O–H groups in total. The van der Waals surface area contributed by atoms with Crippen LogP contribution in [0.15, 0.2) is 16.0 Å². The second-order valence-electron chi connectivity index (χ2n) is 5.42. The van der Waals surface area contributed by atoms with Crippen LogP contribution in [-0.2, 0) is 19.9 Å². The van der Waals surface area contributed by atoms with E-state index >= 15 is 0 Å². The third-order valence-electron chi connectivity index (χ3n) is 3.24. The van der Waals surface area contributed by atoms with Gasteiger partial charge in [-0.3, -0.25) is 10.4 Å². The summed E-state index contributed by atoms with van der Waals surface area (Å²) < 4.78 is 50.8. The number of carbonyl (C=O) groups excluding carboxylic acids is 1. The van der Waals surface area contributed by atoms with Crippen LogP contribution in [0, 0.1) is 20.8 Å². The number of aromatic amines is 1. The third-order valence-corrected chi connectivity index (χ3v) is 6.50. The van der Waals surface area contributed by atoms with Crippen molar-refractivity contribution in [3.8, 4) is 0 Å². The Morgan fingerprint density at radius 1 is 1.12 bits per heavy atom. The number of aromatic nitrogens is 4. The van der Waals surface area contributed by atoms with Crippen LogP contribution in [-0.4, -0.2) is 48.8 Å². The predicted octanol–water partition coefficient (Wildman–Crippen LogP) is 0.429. The number of aryl methyl sites for hydroxylation is 3. The maximum atomic E-state index is 12.5. The van der Waals surface area contributed by atoms with Gasteiger partial charge in [0.1, 0.15) is 4.90 Å². The van der Waals surface area contributed by atoms with Crippen molar-refractivity contribution in [2.24, 2.45) is 0 Å². The summed E-state index contributed by atoms with van der Waals surface area (Å²) in [6.45, 7) is 6.06. The number of sulfone groups is 1. The molecule has 2 rings (SSSR count). The number of nitrogens with zero attached hydrogens (tertiary/aromatic N) is 3. The van der Waals surface area contributed by atoms with Crippen LogP contribution < -0.4 is 10.0 Å². The van der Waals surface area contributed by atoms with Crippen LogP contribution >= 0.6 is 0 Å². The van der Waals surface area contributed by atoms with E-state index in [-0.39, 0.29) is 17.4 Å². The fraction of sp³-hybridized carbons (Fsp3) is 0.385. The van der Waals surface area contributed by atoms with E-state index in [2.05, 4.69) is 25.5 Å². The Bertz CT molecular complexity index is 1040. The van der Waals surface area contributed by atoms with Gasteiger partial charge in [0.15, 0.2) is 14.9 Å². The number of nitrogens with one attached hydrogen (secondary N) is 3. The van der Waals surface area contributed by atoms with Crippen LogP contribution in [0.25, 0.3) is 0 Å². The van der Waals surface area contributed by atoms with Crippen molar-refractivity contribution in [3.63, 3.8) is 0 Å². The van der Waals surface area contributed by atoms with Crippen molar-refractivity contribution in [3.05, 3.63) is 23.1 Å². The van der Waals surface area contributed by atoms with Gasteiger partial charge in [-0.25, -0.2) is 36.3 Å². The lowest BCUT2D eigenvalue weighted by Crippen LogP contribution is -2.35. The molecule has 11 nitrogen and oxygen atoms in total. The zero-order chi connectivity index (χ0) is 19.7. The van der Waals surface area contributed by atoms with Crippen LogP contribution in [0.4, 0.5) is 10.7 Å². The first-order valence-electron chi connectivity index (χ1n) is 7.40. The number of amides is 2. The Morgan fingerprint density at radius 2 is 1.69 bits per heavy atom. The van der Waals surface area contributed by atoms with E-state index in [1.807, 2.05) is 0 Å². The highest BCUT2D eigenvalue weighted by atomic mass is 32.2. The first-order chi connectivity index (χ1) is 12.0. The van der Waals surface area contributed by atoms with Gasteiger partial charge in [-0.15, -0.1) is 0 Å². The molecule has 2 amide bonds. The summed E-state index contributed by atoms with van der Waals surface area (Å²) in [5, 5.41) is 7.43. The predicted molar refractivity (Wildman–Crippen MR) is 91.9 cm³/mol. The molecule has 0 saturated carbocycles. The summed E-state index contributed by atoms with van der Waals surface area (Å²) >= 11 is 0. The topological polar surface area (TPSA) is 164 Å². The van der Waals surface area contributed by atoms with Gasteiger partial charge in [0.25, 0.3) is 10.0 Å². The summed E-state index contributed by atoms with van der Waals surface area (Å²) in [7, 11) is -8.42. The van der Waals surface area contributed by atoms with E-state index in [0.717, 1.165) is 0 Å². The Morgan fingerprint density at radius 3 is 2.23 bits per heavy atom. The van der Waals surface area contributed by atoms with Crippen molar-refractivity contribution in [1.82, 2.24) is 24.9 Å². The van der Waals surface area contributed by atoms with E-state index < -0.39 is 35.8 Å². The van der Waals surface area contributed by atoms with E-state index in [9.17, 15) is 21.6 Å². The molecule has 0 fully saturated rings. The van der Waals surface area contributed by atoms with E-state index in [4.69, 9.17) is 0 Å². The smallest absolute Gasteiger partial charge is 0.280 e. The molecule has 0 aliphatic heterocycles. The van der Waals surface area contributed by atoms with Crippen LogP contribution in [0.2, 0.25) is 0 Å². The highest BCUT2D eigenvalue weighted by Gasteiger charge is 2.32. The summed E-state index contributed by atoms with van der Waals surface area (Å²) in [6, 6.07) is 0.548. The highest BCUT2D eigenvalue weighted by Crippen LogP contribution is 2.22. The van der Waals surface area contributed by atoms with Crippen LogP contribution in [0.3, 0.4) is 0 Å². The second kappa shape index (κ2) is 6.99. The maximum absolute atomic E-state index is 12.5. The largest absolute Gasteiger partial charge is 0.335 e. The summed E-state index contributed by atoms with van der Waals surface area (Å²) in [5.74, 6) is -0.428. The Labute approximate surface area is 150 Å². The fourth-order valence-corrected chi connectivity index (χ4v) is 4.87. The van der Waals surface area contributed by atoms with Gasteiger partial charge < -0.3 is 0 Å². The molecule has 0 spiro atoms. The molecule has 26 heavy (non-hydrogen) atoms. The Kier molecular flexibility index (Phi) is 5.32. The number of rotatable bonds is 5. The summed E-state index contributed by atoms with van der Waals surface area (Å²) in [4.78, 5) is 19.3. The van der Waals surface area contributed by atoms with E-state index in [0.29, 0.717) is 11.4 Å². The van der Waals surface area contributed by atoms with Crippen molar-refractivity contribution < 1.29 is 21.6 Å². The number of H-pyrrole nitrogens is 1. The standard InChI is InChI=1S/C13H18N6O5S2/c1-5-25(21,22)11-10(9(4)17-18-11)26(23,24)19-13(20)16-12-14-7(2)6-8(3)15-12/h6H,5H2,1-4H3,(H,17,18)(H2,14,15,16,19,20). The highest BCUT2D eigenvalue weighted by molar-refractivity contribution is 7.93. The molecule has 0 saturated heterocycles. The molecule has 2 aromatic rings. The molecule has 142 valence electrons. The number of hydrogen-bond acceptors (Lipinski definition) is 8. The van der Waals surface area contributed by atoms with Gasteiger partial charge >= 0.3 is 6.03 Å². The molecule has 0 aromatic carbocycles. The lowest BCUT2D eigenvalue weighted by atomic mass is 10.4. The quantitative estimate of drug-likeness (QED) is 0.648. The molecule has 0 aliphatic carbocycles. The number of carbonyl (C=O) groups is 1. The van der Waals surface area contributed by atoms with Gasteiger partial charge in [0.05, 0.1) is 11.4 Å². The molecule has 13 heteroatoms. The van der Waals surface area contributed by atoms with Gasteiger partial charge in [0.2, 0.25) is 5.95 Å². The molecule has 2 aromatic heterocycles. The minimum atomic E-state index is -4.50. The lowest BCUT2D eigenvalue weighted by molar-refractivity contribution is 0.256. The van der Waals surface area contributed by atoms with E-state index in [1.165, 1.54) is 13.8 Å². The average Bonchev–Trinajstić information content (AvgIpc) is 2.88. The molecule has 2 heterocycles. The van der Waals surface area contributed by atoms with Crippen LogP contribution in [0.5, 0.6) is 0 Å².